The lowest BCUT2D eigenvalue weighted by molar-refractivity contribution is 0.0543. The van der Waals surface area contributed by atoms with Crippen LogP contribution in [-0.2, 0) is 9.47 Å². The van der Waals surface area contributed by atoms with Crippen LogP contribution in [0.4, 0.5) is 0 Å². The topological polar surface area (TPSA) is 53.7 Å². The van der Waals surface area contributed by atoms with E-state index < -0.39 is 0 Å². The third-order valence-electron chi connectivity index (χ3n) is 2.45. The summed E-state index contributed by atoms with van der Waals surface area (Å²) < 4.78 is 16.0. The molecule has 1 aromatic rings. The normalized spacial score (nSPS) is 10.5. The quantitative estimate of drug-likeness (QED) is 0.407. The number of benzene rings is 1. The van der Waals surface area contributed by atoms with Gasteiger partial charge < -0.3 is 19.9 Å². The van der Waals surface area contributed by atoms with Crippen LogP contribution in [-0.4, -0.2) is 44.3 Å². The van der Waals surface area contributed by atoms with Crippen LogP contribution >= 0.6 is 24.0 Å². The number of hydrogen-bond acceptors (Lipinski definition) is 5. The van der Waals surface area contributed by atoms with Crippen molar-refractivity contribution in [3.8, 4) is 5.75 Å². The molecule has 0 radical (unpaired) electrons. The summed E-state index contributed by atoms with van der Waals surface area (Å²) in [5.74, 6) is 1.67. The van der Waals surface area contributed by atoms with E-state index in [9.17, 15) is 0 Å². The first-order chi connectivity index (χ1) is 9.70. The van der Waals surface area contributed by atoms with Crippen LogP contribution in [0.25, 0.3) is 0 Å². The van der Waals surface area contributed by atoms with E-state index in [1.54, 1.807) is 18.9 Å². The average molecular weight is 315 g/mol. The number of methoxy groups -OCH3 is 1. The maximum atomic E-state index is 5.81. The van der Waals surface area contributed by atoms with E-state index in [2.05, 4.69) is 6.92 Å². The lowest BCUT2D eigenvalue weighted by Gasteiger charge is -2.14. The molecule has 1 aromatic carbocycles. The molecule has 0 aliphatic rings. The molecule has 0 bridgehead atoms. The Hall–Kier alpha value is -0.820. The Morgan fingerprint density at radius 1 is 1.25 bits per heavy atom. The van der Waals surface area contributed by atoms with Crippen LogP contribution in [0.3, 0.4) is 0 Å². The molecule has 1 rings (SSSR count). The Kier molecular flexibility index (Phi) is 8.60. The van der Waals surface area contributed by atoms with Crippen LogP contribution in [0.2, 0.25) is 0 Å². The predicted octanol–water partition coefficient (Wildman–Crippen LogP) is 2.47. The summed E-state index contributed by atoms with van der Waals surface area (Å²) in [4.78, 5) is 1.41. The van der Waals surface area contributed by atoms with Crippen molar-refractivity contribution in [2.75, 3.05) is 39.3 Å². The van der Waals surface area contributed by atoms with Gasteiger partial charge in [0, 0.05) is 12.0 Å². The molecule has 0 fully saturated rings. The summed E-state index contributed by atoms with van der Waals surface area (Å²) in [5.41, 5.74) is 6.62. The molecule has 0 amide bonds. The average Bonchev–Trinajstić information content (AvgIpc) is 2.43. The minimum absolute atomic E-state index is 0.358. The van der Waals surface area contributed by atoms with Crippen LogP contribution in [0.5, 0.6) is 5.75 Å². The van der Waals surface area contributed by atoms with Crippen molar-refractivity contribution >= 4 is 29.0 Å². The lowest BCUT2D eigenvalue weighted by atomic mass is 10.2. The molecule has 0 aliphatic carbocycles. The molecule has 20 heavy (non-hydrogen) atoms. The van der Waals surface area contributed by atoms with Gasteiger partial charge in [-0.1, -0.05) is 25.2 Å². The van der Waals surface area contributed by atoms with Crippen LogP contribution in [0, 0.1) is 0 Å². The van der Waals surface area contributed by atoms with Crippen molar-refractivity contribution in [3.05, 3.63) is 23.8 Å². The van der Waals surface area contributed by atoms with Crippen LogP contribution in [0.1, 0.15) is 12.5 Å². The molecule has 6 heteroatoms. The van der Waals surface area contributed by atoms with Crippen molar-refractivity contribution in [3.63, 3.8) is 0 Å². The number of nitrogens with two attached hydrogens (primary N) is 1. The Morgan fingerprint density at radius 2 is 2.00 bits per heavy atom. The molecule has 0 saturated carbocycles. The summed E-state index contributed by atoms with van der Waals surface area (Å²) in [5, 5.41) is 0. The van der Waals surface area contributed by atoms with Gasteiger partial charge in [-0.05, 0) is 17.9 Å². The van der Waals surface area contributed by atoms with E-state index in [0.29, 0.717) is 37.2 Å². The van der Waals surface area contributed by atoms with E-state index in [-0.39, 0.29) is 0 Å². The standard InChI is InChI=1S/C14H21NO3S2/c1-3-20-12-6-4-5-11(13(12)14(15)19)18-10-9-17-8-7-16-2/h4-6H,3,7-10H2,1-2H3,(H2,15,19). The van der Waals surface area contributed by atoms with Gasteiger partial charge in [-0.2, -0.15) is 0 Å². The first-order valence-electron chi connectivity index (χ1n) is 6.45. The zero-order valence-electron chi connectivity index (χ0n) is 11.9. The van der Waals surface area contributed by atoms with Crippen LogP contribution in [0.15, 0.2) is 23.1 Å². The summed E-state index contributed by atoms with van der Waals surface area (Å²) in [6.45, 7) is 4.20. The van der Waals surface area contributed by atoms with Gasteiger partial charge in [-0.15, -0.1) is 11.8 Å². The van der Waals surface area contributed by atoms with Gasteiger partial charge in [0.15, 0.2) is 0 Å². The number of thiocarbonyl (C=S) groups is 1. The van der Waals surface area contributed by atoms with Crippen molar-refractivity contribution in [2.45, 2.75) is 11.8 Å². The van der Waals surface area contributed by atoms with Gasteiger partial charge in [0.05, 0.1) is 25.4 Å². The second-order valence-electron chi connectivity index (χ2n) is 3.88. The molecule has 112 valence electrons. The first kappa shape index (κ1) is 17.2. The Labute approximate surface area is 130 Å². The minimum atomic E-state index is 0.358. The fraction of sp³-hybridized carbons (Fsp3) is 0.500. The molecule has 0 aromatic heterocycles. The highest BCUT2D eigenvalue weighted by Gasteiger charge is 2.12. The van der Waals surface area contributed by atoms with Gasteiger partial charge in [0.25, 0.3) is 0 Å². The minimum Gasteiger partial charge on any atom is -0.490 e. The van der Waals surface area contributed by atoms with Gasteiger partial charge >= 0.3 is 0 Å². The zero-order chi connectivity index (χ0) is 14.8. The van der Waals surface area contributed by atoms with E-state index >= 15 is 0 Å². The van der Waals surface area contributed by atoms with Gasteiger partial charge in [0.2, 0.25) is 0 Å². The molecule has 0 heterocycles. The summed E-state index contributed by atoms with van der Waals surface area (Å²) in [7, 11) is 1.64. The van der Waals surface area contributed by atoms with E-state index in [1.165, 1.54) is 0 Å². The van der Waals surface area contributed by atoms with E-state index in [4.69, 9.17) is 32.2 Å². The summed E-state index contributed by atoms with van der Waals surface area (Å²) >= 11 is 6.82. The summed E-state index contributed by atoms with van der Waals surface area (Å²) in [6.07, 6.45) is 0. The van der Waals surface area contributed by atoms with Gasteiger partial charge in [-0.3, -0.25) is 0 Å². The molecule has 0 atom stereocenters. The number of ether oxygens (including phenoxy) is 3. The SMILES string of the molecule is CCSc1cccc(OCCOCCOC)c1C(N)=S. The summed E-state index contributed by atoms with van der Waals surface area (Å²) in [6, 6.07) is 5.83. The molecule has 2 N–H and O–H groups in total. The van der Waals surface area contributed by atoms with Crippen molar-refractivity contribution in [1.29, 1.82) is 0 Å². The van der Waals surface area contributed by atoms with E-state index in [0.717, 1.165) is 16.2 Å². The maximum absolute atomic E-state index is 5.81. The highest BCUT2D eigenvalue weighted by atomic mass is 32.2. The predicted molar refractivity (Wildman–Crippen MR) is 86.9 cm³/mol. The largest absolute Gasteiger partial charge is 0.490 e. The fourth-order valence-electron chi connectivity index (χ4n) is 1.60. The molecule has 0 spiro atoms. The van der Waals surface area contributed by atoms with E-state index in [1.807, 2.05) is 18.2 Å². The van der Waals surface area contributed by atoms with Gasteiger partial charge in [0.1, 0.15) is 17.3 Å². The highest BCUT2D eigenvalue weighted by molar-refractivity contribution is 7.99. The zero-order valence-corrected chi connectivity index (χ0v) is 13.5. The third kappa shape index (κ3) is 5.66. The monoisotopic (exact) mass is 315 g/mol. The molecule has 0 unspecified atom stereocenters. The van der Waals surface area contributed by atoms with Crippen molar-refractivity contribution < 1.29 is 14.2 Å². The van der Waals surface area contributed by atoms with Gasteiger partial charge in [-0.25, -0.2) is 0 Å². The lowest BCUT2D eigenvalue weighted by Crippen LogP contribution is -2.15. The maximum Gasteiger partial charge on any atom is 0.130 e. The van der Waals surface area contributed by atoms with Crippen molar-refractivity contribution in [1.82, 2.24) is 0 Å². The molecular weight excluding hydrogens is 294 g/mol. The second kappa shape index (κ2) is 9.99. The molecule has 0 aliphatic heterocycles. The second-order valence-corrected chi connectivity index (χ2v) is 5.63. The fourth-order valence-corrected chi connectivity index (χ4v) is 2.72. The highest BCUT2D eigenvalue weighted by Crippen LogP contribution is 2.30. The molecule has 4 nitrogen and oxygen atoms in total. The first-order valence-corrected chi connectivity index (χ1v) is 7.85. The smallest absolute Gasteiger partial charge is 0.130 e. The molecule has 0 saturated heterocycles. The number of rotatable bonds is 10. The Balaban J connectivity index is 2.60. The van der Waals surface area contributed by atoms with Crippen molar-refractivity contribution in [2.24, 2.45) is 5.73 Å². The Bertz CT molecular complexity index is 427. The third-order valence-corrected chi connectivity index (χ3v) is 3.60. The Morgan fingerprint density at radius 3 is 2.65 bits per heavy atom. The number of hydrogen-bond donors (Lipinski definition) is 1. The van der Waals surface area contributed by atoms with Crippen LogP contribution < -0.4 is 10.5 Å². The number of thioether (sulfide) groups is 1. The molecular formula is C14H21NO3S2.